The van der Waals surface area contributed by atoms with Crippen molar-refractivity contribution in [2.75, 3.05) is 5.32 Å². The molecular formula is C13H13ClN2O2S. The van der Waals surface area contributed by atoms with Crippen LogP contribution in [0.5, 0.6) is 0 Å². The summed E-state index contributed by atoms with van der Waals surface area (Å²) < 4.78 is 0. The second-order valence-electron chi connectivity index (χ2n) is 4.09. The molecule has 0 bridgehead atoms. The lowest BCUT2D eigenvalue weighted by Gasteiger charge is -2.09. The van der Waals surface area contributed by atoms with E-state index in [1.165, 1.54) is 11.3 Å². The first-order valence-electron chi connectivity index (χ1n) is 5.70. The van der Waals surface area contributed by atoms with Crippen LogP contribution >= 0.6 is 22.9 Å². The Balaban J connectivity index is 2.02. The molecule has 0 radical (unpaired) electrons. The average molecular weight is 297 g/mol. The predicted octanol–water partition coefficient (Wildman–Crippen LogP) is 3.34. The van der Waals surface area contributed by atoms with Crippen LogP contribution in [0.25, 0.3) is 0 Å². The Bertz CT molecular complexity index is 578. The van der Waals surface area contributed by atoms with Gasteiger partial charge in [-0.2, -0.15) is 0 Å². The third-order valence-corrected chi connectivity index (χ3v) is 3.97. The van der Waals surface area contributed by atoms with Gasteiger partial charge in [0.1, 0.15) is 0 Å². The van der Waals surface area contributed by atoms with E-state index in [1.807, 2.05) is 25.1 Å². The van der Waals surface area contributed by atoms with Gasteiger partial charge in [-0.1, -0.05) is 11.6 Å². The molecule has 0 atom stereocenters. The summed E-state index contributed by atoms with van der Waals surface area (Å²) in [6.45, 7) is 2.57. The number of halogens is 1. The highest BCUT2D eigenvalue weighted by atomic mass is 35.5. The number of rotatable bonds is 5. The van der Waals surface area contributed by atoms with Gasteiger partial charge in [0.25, 0.3) is 0 Å². The molecule has 0 aromatic carbocycles. The lowest BCUT2D eigenvalue weighted by atomic mass is 10.2. The van der Waals surface area contributed by atoms with E-state index < -0.39 is 5.97 Å². The number of anilines is 1. The summed E-state index contributed by atoms with van der Waals surface area (Å²) in [4.78, 5) is 16.5. The number of thiophene rings is 1. The fourth-order valence-corrected chi connectivity index (χ4v) is 2.90. The first kappa shape index (κ1) is 13.8. The molecule has 0 aliphatic rings. The van der Waals surface area contributed by atoms with E-state index in [0.29, 0.717) is 11.7 Å². The highest BCUT2D eigenvalue weighted by molar-refractivity contribution is 7.12. The molecular weight excluding hydrogens is 284 g/mol. The summed E-state index contributed by atoms with van der Waals surface area (Å²) in [6, 6.07) is 5.65. The lowest BCUT2D eigenvalue weighted by molar-refractivity contribution is -0.136. The van der Waals surface area contributed by atoms with Crippen molar-refractivity contribution in [1.82, 2.24) is 4.98 Å². The van der Waals surface area contributed by atoms with Gasteiger partial charge in [0.2, 0.25) is 0 Å². The predicted molar refractivity (Wildman–Crippen MR) is 77.0 cm³/mol. The number of pyridine rings is 1. The molecule has 2 rings (SSSR count). The van der Waals surface area contributed by atoms with Crippen LogP contribution in [0.4, 0.5) is 5.69 Å². The minimum absolute atomic E-state index is 0.0668. The van der Waals surface area contributed by atoms with Crippen LogP contribution < -0.4 is 5.32 Å². The molecule has 0 amide bonds. The number of aliphatic carboxylic acids is 1. The SMILES string of the molecule is Cc1ccnc(Cl)c1NCc1ccc(CC(=O)O)s1. The summed E-state index contributed by atoms with van der Waals surface area (Å²) >= 11 is 7.51. The van der Waals surface area contributed by atoms with Crippen LogP contribution in [0.2, 0.25) is 5.15 Å². The first-order chi connectivity index (χ1) is 9.06. The van der Waals surface area contributed by atoms with Gasteiger partial charge in [0.05, 0.1) is 12.1 Å². The number of carbonyl (C=O) groups is 1. The third-order valence-electron chi connectivity index (χ3n) is 2.60. The van der Waals surface area contributed by atoms with Gasteiger partial charge in [0.15, 0.2) is 5.15 Å². The zero-order valence-electron chi connectivity index (χ0n) is 10.3. The Labute approximate surface area is 120 Å². The van der Waals surface area contributed by atoms with Crippen molar-refractivity contribution in [3.63, 3.8) is 0 Å². The van der Waals surface area contributed by atoms with Crippen LogP contribution in [0.15, 0.2) is 24.4 Å². The van der Waals surface area contributed by atoms with Crippen molar-refractivity contribution in [2.24, 2.45) is 0 Å². The average Bonchev–Trinajstić information content (AvgIpc) is 2.75. The van der Waals surface area contributed by atoms with Gasteiger partial charge >= 0.3 is 5.97 Å². The Morgan fingerprint density at radius 1 is 1.42 bits per heavy atom. The van der Waals surface area contributed by atoms with Crippen LogP contribution in [-0.2, 0) is 17.8 Å². The molecule has 0 fully saturated rings. The third kappa shape index (κ3) is 3.68. The Hall–Kier alpha value is -1.59. The highest BCUT2D eigenvalue weighted by Gasteiger charge is 2.07. The van der Waals surface area contributed by atoms with Crippen molar-refractivity contribution in [1.29, 1.82) is 0 Å². The maximum atomic E-state index is 10.6. The topological polar surface area (TPSA) is 62.2 Å². The Morgan fingerprint density at radius 2 is 2.16 bits per heavy atom. The molecule has 2 aromatic rings. The number of aromatic nitrogens is 1. The number of nitrogens with one attached hydrogen (secondary N) is 1. The van der Waals surface area contributed by atoms with Crippen LogP contribution in [-0.4, -0.2) is 16.1 Å². The van der Waals surface area contributed by atoms with Crippen molar-refractivity contribution in [2.45, 2.75) is 19.9 Å². The Morgan fingerprint density at radius 3 is 2.84 bits per heavy atom. The van der Waals surface area contributed by atoms with E-state index in [-0.39, 0.29) is 6.42 Å². The largest absolute Gasteiger partial charge is 0.481 e. The normalized spacial score (nSPS) is 10.4. The van der Waals surface area contributed by atoms with Gasteiger partial charge < -0.3 is 10.4 Å². The summed E-state index contributed by atoms with van der Waals surface area (Å²) in [6.07, 6.45) is 1.73. The van der Waals surface area contributed by atoms with E-state index in [0.717, 1.165) is 21.0 Å². The quantitative estimate of drug-likeness (QED) is 0.831. The maximum Gasteiger partial charge on any atom is 0.308 e. The molecule has 0 saturated carbocycles. The van der Waals surface area contributed by atoms with Gasteiger partial charge in [-0.25, -0.2) is 4.98 Å². The van der Waals surface area contributed by atoms with E-state index in [2.05, 4.69) is 10.3 Å². The van der Waals surface area contributed by atoms with E-state index in [9.17, 15) is 4.79 Å². The number of carboxylic acid groups (broad SMARTS) is 1. The summed E-state index contributed by atoms with van der Waals surface area (Å²) in [5.41, 5.74) is 1.85. The molecule has 2 N–H and O–H groups in total. The molecule has 100 valence electrons. The smallest absolute Gasteiger partial charge is 0.308 e. The van der Waals surface area contributed by atoms with Gasteiger partial charge in [0, 0.05) is 22.5 Å². The molecule has 0 unspecified atom stereocenters. The number of nitrogens with zero attached hydrogens (tertiary/aromatic N) is 1. The lowest BCUT2D eigenvalue weighted by Crippen LogP contribution is -2.01. The molecule has 0 aliphatic carbocycles. The molecule has 6 heteroatoms. The standard InChI is InChI=1S/C13H13ClN2O2S/c1-8-4-5-15-13(14)12(8)16-7-10-3-2-9(19-10)6-11(17)18/h2-5,16H,6-7H2,1H3,(H,17,18). The highest BCUT2D eigenvalue weighted by Crippen LogP contribution is 2.25. The van der Waals surface area contributed by atoms with Crippen molar-refractivity contribution >= 4 is 34.6 Å². The fraction of sp³-hybridized carbons (Fsp3) is 0.231. The summed E-state index contributed by atoms with van der Waals surface area (Å²) in [5.74, 6) is -0.812. The van der Waals surface area contributed by atoms with Crippen LogP contribution in [0.3, 0.4) is 0 Å². The zero-order chi connectivity index (χ0) is 13.8. The monoisotopic (exact) mass is 296 g/mol. The van der Waals surface area contributed by atoms with E-state index in [1.54, 1.807) is 6.20 Å². The number of hydrogen-bond acceptors (Lipinski definition) is 4. The number of carboxylic acids is 1. The molecule has 0 saturated heterocycles. The van der Waals surface area contributed by atoms with Gasteiger partial charge in [-0.05, 0) is 30.7 Å². The van der Waals surface area contributed by atoms with Gasteiger partial charge in [-0.15, -0.1) is 11.3 Å². The van der Waals surface area contributed by atoms with Crippen molar-refractivity contribution < 1.29 is 9.90 Å². The minimum atomic E-state index is -0.812. The fourth-order valence-electron chi connectivity index (χ4n) is 1.67. The van der Waals surface area contributed by atoms with E-state index in [4.69, 9.17) is 16.7 Å². The van der Waals surface area contributed by atoms with Crippen molar-refractivity contribution in [3.8, 4) is 0 Å². The summed E-state index contributed by atoms with van der Waals surface area (Å²) in [7, 11) is 0. The second kappa shape index (κ2) is 6.04. The van der Waals surface area contributed by atoms with Crippen LogP contribution in [0.1, 0.15) is 15.3 Å². The number of hydrogen-bond donors (Lipinski definition) is 2. The molecule has 4 nitrogen and oxygen atoms in total. The van der Waals surface area contributed by atoms with Crippen LogP contribution in [0, 0.1) is 6.92 Å². The first-order valence-corrected chi connectivity index (χ1v) is 6.90. The molecule has 2 aromatic heterocycles. The molecule has 19 heavy (non-hydrogen) atoms. The molecule has 0 spiro atoms. The van der Waals surface area contributed by atoms with Crippen molar-refractivity contribution in [3.05, 3.63) is 44.9 Å². The molecule has 0 aliphatic heterocycles. The second-order valence-corrected chi connectivity index (χ2v) is 5.70. The molecule has 2 heterocycles. The number of aryl methyl sites for hydroxylation is 1. The maximum absolute atomic E-state index is 10.6. The zero-order valence-corrected chi connectivity index (χ0v) is 11.9. The van der Waals surface area contributed by atoms with E-state index >= 15 is 0 Å². The summed E-state index contributed by atoms with van der Waals surface area (Å²) in [5, 5.41) is 12.4. The van der Waals surface area contributed by atoms with Gasteiger partial charge in [-0.3, -0.25) is 4.79 Å². The Kier molecular flexibility index (Phi) is 4.39. The minimum Gasteiger partial charge on any atom is -0.481 e.